The summed E-state index contributed by atoms with van der Waals surface area (Å²) in [7, 11) is 0. The SMILES string of the molecule is CC(C)CNC(=O)c1nc(C(=O)NCc2ccc3c(c2)OCO3)c2n1CCCC2. The highest BCUT2D eigenvalue weighted by Crippen LogP contribution is 2.32. The van der Waals surface area contributed by atoms with Crippen molar-refractivity contribution in [2.75, 3.05) is 13.3 Å². The smallest absolute Gasteiger partial charge is 0.287 e. The topological polar surface area (TPSA) is 94.5 Å². The Kier molecular flexibility index (Phi) is 5.42. The van der Waals surface area contributed by atoms with Crippen LogP contribution < -0.4 is 20.1 Å². The molecule has 4 rings (SSSR count). The monoisotopic (exact) mass is 398 g/mol. The second kappa shape index (κ2) is 8.14. The maximum absolute atomic E-state index is 12.9. The molecule has 0 saturated heterocycles. The van der Waals surface area contributed by atoms with Crippen LogP contribution in [0.5, 0.6) is 11.5 Å². The highest BCUT2D eigenvalue weighted by molar-refractivity contribution is 5.97. The number of amides is 2. The molecule has 0 unspecified atom stereocenters. The van der Waals surface area contributed by atoms with Crippen molar-refractivity contribution in [3.05, 3.63) is 41.0 Å². The molecule has 29 heavy (non-hydrogen) atoms. The van der Waals surface area contributed by atoms with E-state index in [0.717, 1.165) is 30.5 Å². The van der Waals surface area contributed by atoms with Crippen molar-refractivity contribution in [2.45, 2.75) is 46.2 Å². The van der Waals surface area contributed by atoms with Gasteiger partial charge in [-0.25, -0.2) is 4.98 Å². The van der Waals surface area contributed by atoms with Crippen LogP contribution in [0, 0.1) is 5.92 Å². The number of hydrogen-bond donors (Lipinski definition) is 2. The van der Waals surface area contributed by atoms with Crippen LogP contribution in [0.4, 0.5) is 0 Å². The Hall–Kier alpha value is -3.03. The molecule has 2 amide bonds. The zero-order valence-corrected chi connectivity index (χ0v) is 16.8. The van der Waals surface area contributed by atoms with Gasteiger partial charge in [-0.1, -0.05) is 19.9 Å². The summed E-state index contributed by atoms with van der Waals surface area (Å²) in [6.45, 7) is 5.92. The van der Waals surface area contributed by atoms with E-state index in [1.54, 1.807) is 0 Å². The number of carbonyl (C=O) groups is 2. The van der Waals surface area contributed by atoms with E-state index in [1.807, 2.05) is 36.6 Å². The van der Waals surface area contributed by atoms with Crippen LogP contribution in [0.2, 0.25) is 0 Å². The van der Waals surface area contributed by atoms with Crippen LogP contribution in [0.15, 0.2) is 18.2 Å². The van der Waals surface area contributed by atoms with Crippen molar-refractivity contribution in [1.29, 1.82) is 0 Å². The summed E-state index contributed by atoms with van der Waals surface area (Å²) in [4.78, 5) is 29.9. The second-order valence-electron chi connectivity index (χ2n) is 7.81. The lowest BCUT2D eigenvalue weighted by Gasteiger charge is -2.17. The number of imidazole rings is 1. The van der Waals surface area contributed by atoms with Gasteiger partial charge in [0.1, 0.15) is 5.69 Å². The Labute approximate surface area is 169 Å². The summed E-state index contributed by atoms with van der Waals surface area (Å²) in [5.74, 6) is 1.57. The molecule has 2 aromatic rings. The van der Waals surface area contributed by atoms with E-state index < -0.39 is 0 Å². The van der Waals surface area contributed by atoms with Crippen molar-refractivity contribution in [1.82, 2.24) is 20.2 Å². The van der Waals surface area contributed by atoms with Gasteiger partial charge in [-0.2, -0.15) is 0 Å². The molecule has 2 N–H and O–H groups in total. The van der Waals surface area contributed by atoms with E-state index in [2.05, 4.69) is 15.6 Å². The lowest BCUT2D eigenvalue weighted by molar-refractivity contribution is 0.0933. The fraction of sp³-hybridized carbons (Fsp3) is 0.476. The molecule has 3 heterocycles. The third-order valence-corrected chi connectivity index (χ3v) is 5.10. The Morgan fingerprint density at radius 2 is 1.97 bits per heavy atom. The van der Waals surface area contributed by atoms with Crippen LogP contribution in [0.3, 0.4) is 0 Å². The molecule has 2 aliphatic heterocycles. The Morgan fingerprint density at radius 1 is 1.14 bits per heavy atom. The molecule has 0 spiro atoms. The fourth-order valence-corrected chi connectivity index (χ4v) is 3.59. The van der Waals surface area contributed by atoms with Crippen molar-refractivity contribution in [3.63, 3.8) is 0 Å². The average Bonchev–Trinajstić information content (AvgIpc) is 3.34. The molecule has 2 aliphatic rings. The lowest BCUT2D eigenvalue weighted by Crippen LogP contribution is -2.30. The first-order valence-corrected chi connectivity index (χ1v) is 10.1. The van der Waals surface area contributed by atoms with Crippen LogP contribution in [0.25, 0.3) is 0 Å². The molecule has 0 radical (unpaired) electrons. The molecule has 0 bridgehead atoms. The number of nitrogens with zero attached hydrogens (tertiary/aromatic N) is 2. The van der Waals surface area contributed by atoms with Crippen LogP contribution >= 0.6 is 0 Å². The molecule has 8 heteroatoms. The largest absolute Gasteiger partial charge is 0.454 e. The van der Waals surface area contributed by atoms with Gasteiger partial charge in [0.25, 0.3) is 11.8 Å². The summed E-state index contributed by atoms with van der Waals surface area (Å²) in [5, 5.41) is 5.82. The minimum atomic E-state index is -0.267. The second-order valence-corrected chi connectivity index (χ2v) is 7.81. The first kappa shape index (κ1) is 19.3. The predicted molar refractivity (Wildman–Crippen MR) is 106 cm³/mol. The number of nitrogens with one attached hydrogen (secondary N) is 2. The van der Waals surface area contributed by atoms with Gasteiger partial charge < -0.3 is 24.7 Å². The zero-order chi connectivity index (χ0) is 20.4. The molecule has 0 saturated carbocycles. The Morgan fingerprint density at radius 3 is 2.79 bits per heavy atom. The number of ether oxygens (including phenoxy) is 2. The number of rotatable bonds is 6. The average molecular weight is 398 g/mol. The summed E-state index contributed by atoms with van der Waals surface area (Å²) < 4.78 is 12.6. The van der Waals surface area contributed by atoms with E-state index in [0.29, 0.717) is 48.6 Å². The first-order chi connectivity index (χ1) is 14.0. The van der Waals surface area contributed by atoms with Crippen molar-refractivity contribution in [3.8, 4) is 11.5 Å². The molecule has 0 atom stereocenters. The maximum Gasteiger partial charge on any atom is 0.287 e. The Balaban J connectivity index is 1.49. The molecule has 0 aliphatic carbocycles. The molecular formula is C21H26N4O4. The summed E-state index contributed by atoms with van der Waals surface area (Å²) >= 11 is 0. The summed E-state index contributed by atoms with van der Waals surface area (Å²) in [6, 6.07) is 5.58. The van der Waals surface area contributed by atoms with Crippen LogP contribution in [0.1, 0.15) is 59.1 Å². The van der Waals surface area contributed by atoms with E-state index in [4.69, 9.17) is 9.47 Å². The minimum absolute atomic E-state index is 0.216. The highest BCUT2D eigenvalue weighted by Gasteiger charge is 2.27. The summed E-state index contributed by atoms with van der Waals surface area (Å²) in [6.07, 6.45) is 2.71. The van der Waals surface area contributed by atoms with Crippen molar-refractivity contribution in [2.24, 2.45) is 5.92 Å². The molecule has 1 aromatic heterocycles. The van der Waals surface area contributed by atoms with Crippen molar-refractivity contribution >= 4 is 11.8 Å². The third-order valence-electron chi connectivity index (χ3n) is 5.10. The molecule has 8 nitrogen and oxygen atoms in total. The number of benzene rings is 1. The number of hydrogen-bond acceptors (Lipinski definition) is 5. The lowest BCUT2D eigenvalue weighted by atomic mass is 10.1. The standard InChI is InChI=1S/C21H26N4O4/c1-13(2)10-22-21(27)19-24-18(15-5-3-4-8-25(15)19)20(26)23-11-14-6-7-16-17(9-14)29-12-28-16/h6-7,9,13H,3-5,8,10-12H2,1-2H3,(H,22,27)(H,23,26). The van der Waals surface area contributed by atoms with E-state index in [1.165, 1.54) is 0 Å². The maximum atomic E-state index is 12.9. The molecule has 154 valence electrons. The summed E-state index contributed by atoms with van der Waals surface area (Å²) in [5.41, 5.74) is 2.10. The van der Waals surface area contributed by atoms with Crippen molar-refractivity contribution < 1.29 is 19.1 Å². The number of carbonyl (C=O) groups excluding carboxylic acids is 2. The third kappa shape index (κ3) is 4.06. The van der Waals surface area contributed by atoms with Gasteiger partial charge >= 0.3 is 0 Å². The van der Waals surface area contributed by atoms with Gasteiger partial charge in [0.2, 0.25) is 6.79 Å². The quantitative estimate of drug-likeness (QED) is 0.778. The van der Waals surface area contributed by atoms with Crippen LogP contribution in [-0.2, 0) is 19.5 Å². The highest BCUT2D eigenvalue weighted by atomic mass is 16.7. The zero-order valence-electron chi connectivity index (χ0n) is 16.8. The fourth-order valence-electron chi connectivity index (χ4n) is 3.59. The van der Waals surface area contributed by atoms with E-state index >= 15 is 0 Å². The molecule has 1 aromatic carbocycles. The molecular weight excluding hydrogens is 372 g/mol. The first-order valence-electron chi connectivity index (χ1n) is 10.1. The van der Waals surface area contributed by atoms with E-state index in [-0.39, 0.29) is 18.6 Å². The van der Waals surface area contributed by atoms with Gasteiger partial charge in [-0.15, -0.1) is 0 Å². The number of aromatic nitrogens is 2. The minimum Gasteiger partial charge on any atom is -0.454 e. The number of fused-ring (bicyclic) bond motifs is 2. The normalized spacial score (nSPS) is 14.6. The van der Waals surface area contributed by atoms with Gasteiger partial charge in [0, 0.05) is 19.6 Å². The Bertz CT molecular complexity index is 935. The van der Waals surface area contributed by atoms with Crippen LogP contribution in [-0.4, -0.2) is 34.7 Å². The van der Waals surface area contributed by atoms with Gasteiger partial charge in [0.05, 0.1) is 5.69 Å². The van der Waals surface area contributed by atoms with Gasteiger partial charge in [-0.3, -0.25) is 9.59 Å². The van der Waals surface area contributed by atoms with Gasteiger partial charge in [0.15, 0.2) is 17.3 Å². The van der Waals surface area contributed by atoms with Gasteiger partial charge in [-0.05, 0) is 42.9 Å². The van der Waals surface area contributed by atoms with E-state index in [9.17, 15) is 9.59 Å². The predicted octanol–water partition coefficient (Wildman–Crippen LogP) is 2.26. The molecule has 0 fully saturated rings.